The van der Waals surface area contributed by atoms with Crippen LogP contribution in [0.2, 0.25) is 5.02 Å². The minimum atomic E-state index is -0.166. The van der Waals surface area contributed by atoms with Gasteiger partial charge in [-0.25, -0.2) is 4.98 Å². The fourth-order valence-corrected chi connectivity index (χ4v) is 4.57. The van der Waals surface area contributed by atoms with E-state index in [-0.39, 0.29) is 18.3 Å². The number of nitrogens with one attached hydrogen (secondary N) is 1. The number of rotatable bonds is 4. The van der Waals surface area contributed by atoms with Gasteiger partial charge in [0.1, 0.15) is 11.9 Å². The zero-order chi connectivity index (χ0) is 21.7. The molecule has 2 aliphatic rings. The first-order valence-electron chi connectivity index (χ1n) is 10.4. The van der Waals surface area contributed by atoms with Gasteiger partial charge in [0.2, 0.25) is 0 Å². The van der Waals surface area contributed by atoms with Gasteiger partial charge in [-0.05, 0) is 24.1 Å². The summed E-state index contributed by atoms with van der Waals surface area (Å²) in [4.78, 5) is 16.2. The van der Waals surface area contributed by atoms with E-state index in [9.17, 15) is 0 Å². The molecule has 32 heavy (non-hydrogen) atoms. The number of hydrogen-bond acceptors (Lipinski definition) is 7. The monoisotopic (exact) mass is 449 g/mol. The van der Waals surface area contributed by atoms with E-state index >= 15 is 0 Å². The highest BCUT2D eigenvalue weighted by atomic mass is 35.5. The van der Waals surface area contributed by atoms with E-state index in [4.69, 9.17) is 31.5 Å². The van der Waals surface area contributed by atoms with Crippen molar-refractivity contribution in [3.63, 3.8) is 0 Å². The van der Waals surface area contributed by atoms with Crippen molar-refractivity contribution in [3.05, 3.63) is 53.8 Å². The van der Waals surface area contributed by atoms with E-state index < -0.39 is 0 Å². The third-order valence-electron chi connectivity index (χ3n) is 5.88. The Hall–Kier alpha value is -3.20. The van der Waals surface area contributed by atoms with Gasteiger partial charge in [0.15, 0.2) is 6.10 Å². The summed E-state index contributed by atoms with van der Waals surface area (Å²) in [5.41, 5.74) is 10.8. The van der Waals surface area contributed by atoms with Crippen molar-refractivity contribution in [2.45, 2.75) is 24.7 Å². The molecule has 3 atom stereocenters. The first-order chi connectivity index (χ1) is 15.6. The lowest BCUT2D eigenvalue weighted by molar-refractivity contribution is 0.0273. The molecule has 0 bridgehead atoms. The van der Waals surface area contributed by atoms with E-state index in [0.29, 0.717) is 30.1 Å². The highest BCUT2D eigenvalue weighted by Crippen LogP contribution is 2.34. The zero-order valence-electron chi connectivity index (χ0n) is 17.0. The molecule has 162 valence electrons. The lowest BCUT2D eigenvalue weighted by Gasteiger charge is -2.15. The molecule has 0 radical (unpaired) electrons. The maximum absolute atomic E-state index is 6.60. The van der Waals surface area contributed by atoms with Crippen molar-refractivity contribution in [2.24, 2.45) is 0 Å². The Bertz CT molecular complexity index is 1290. The Kier molecular flexibility index (Phi) is 4.71. The van der Waals surface area contributed by atoms with Crippen LogP contribution in [0.1, 0.15) is 6.42 Å². The maximum Gasteiger partial charge on any atom is 0.295 e. The second kappa shape index (κ2) is 7.74. The molecular weight excluding hydrogens is 430 g/mol. The smallest absolute Gasteiger partial charge is 0.295 e. The van der Waals surface area contributed by atoms with Crippen LogP contribution in [0.3, 0.4) is 0 Å². The summed E-state index contributed by atoms with van der Waals surface area (Å²) in [5.74, 6) is 0.385. The van der Waals surface area contributed by atoms with E-state index in [1.165, 1.54) is 6.20 Å². The SMILES string of the molecule is Nc1cncc(-c2ccc(-c3cc4nc(OC5CO[C@@H]6CCOC56)[nH]c4cc3Cl)cc2)n1. The van der Waals surface area contributed by atoms with Gasteiger partial charge in [-0.15, -0.1) is 0 Å². The van der Waals surface area contributed by atoms with Crippen LogP contribution in [0.25, 0.3) is 33.4 Å². The Morgan fingerprint density at radius 1 is 1.06 bits per heavy atom. The standard InChI is InChI=1S/C23H20ClN5O3/c24-15-8-17-16(28-23(29-17)32-20-11-31-19-5-6-30-22(19)20)7-14(15)12-1-3-13(4-2-12)18-9-26-10-21(25)27-18/h1-4,7-10,19-20,22H,5-6,11H2,(H2,25,27)(H,28,29)/t19-,20?,22?/m1/s1. The summed E-state index contributed by atoms with van der Waals surface area (Å²) in [6, 6.07) is 12.2. The average molecular weight is 450 g/mol. The predicted molar refractivity (Wildman–Crippen MR) is 120 cm³/mol. The number of halogens is 1. The lowest BCUT2D eigenvalue weighted by atomic mass is 10.0. The van der Waals surface area contributed by atoms with Crippen LogP contribution in [0.15, 0.2) is 48.8 Å². The molecule has 0 amide bonds. The van der Waals surface area contributed by atoms with Gasteiger partial charge in [0.05, 0.1) is 46.9 Å². The molecule has 0 spiro atoms. The van der Waals surface area contributed by atoms with Crippen molar-refractivity contribution in [2.75, 3.05) is 18.9 Å². The van der Waals surface area contributed by atoms with Gasteiger partial charge < -0.3 is 24.9 Å². The third-order valence-corrected chi connectivity index (χ3v) is 6.19. The minimum absolute atomic E-state index is 0.0365. The molecule has 2 fully saturated rings. The topological polar surface area (TPSA) is 108 Å². The summed E-state index contributed by atoms with van der Waals surface area (Å²) in [7, 11) is 0. The summed E-state index contributed by atoms with van der Waals surface area (Å²) in [6.45, 7) is 1.21. The van der Waals surface area contributed by atoms with Crippen LogP contribution in [-0.4, -0.2) is 51.5 Å². The number of nitrogens with zero attached hydrogens (tertiary/aromatic N) is 3. The minimum Gasteiger partial charge on any atom is -0.456 e. The second-order valence-electron chi connectivity index (χ2n) is 7.95. The first kappa shape index (κ1) is 19.5. The number of imidazole rings is 1. The van der Waals surface area contributed by atoms with E-state index in [1.807, 2.05) is 36.4 Å². The summed E-state index contributed by atoms with van der Waals surface area (Å²) in [5, 5.41) is 0.618. The maximum atomic E-state index is 6.60. The zero-order valence-corrected chi connectivity index (χ0v) is 17.7. The molecule has 2 aliphatic heterocycles. The molecule has 2 aromatic carbocycles. The number of nitrogens with two attached hydrogens (primary N) is 1. The van der Waals surface area contributed by atoms with Gasteiger partial charge in [0, 0.05) is 17.7 Å². The second-order valence-corrected chi connectivity index (χ2v) is 8.36. The van der Waals surface area contributed by atoms with Crippen LogP contribution in [0.5, 0.6) is 6.01 Å². The summed E-state index contributed by atoms with van der Waals surface area (Å²) in [6.07, 6.45) is 4.03. The Labute approximate surface area is 188 Å². The molecular formula is C23H20ClN5O3. The highest BCUT2D eigenvalue weighted by molar-refractivity contribution is 6.34. The molecule has 0 aliphatic carbocycles. The molecule has 2 unspecified atom stereocenters. The van der Waals surface area contributed by atoms with Crippen LogP contribution >= 0.6 is 11.6 Å². The van der Waals surface area contributed by atoms with Crippen LogP contribution in [0.4, 0.5) is 5.82 Å². The van der Waals surface area contributed by atoms with Crippen molar-refractivity contribution in [1.82, 2.24) is 19.9 Å². The van der Waals surface area contributed by atoms with Crippen LogP contribution < -0.4 is 10.5 Å². The number of nitrogen functional groups attached to an aromatic ring is 1. The van der Waals surface area contributed by atoms with Crippen molar-refractivity contribution < 1.29 is 14.2 Å². The normalized spacial score (nSPS) is 22.3. The highest BCUT2D eigenvalue weighted by Gasteiger charge is 2.43. The fourth-order valence-electron chi connectivity index (χ4n) is 4.30. The molecule has 3 N–H and O–H groups in total. The van der Waals surface area contributed by atoms with Gasteiger partial charge in [-0.3, -0.25) is 4.98 Å². The lowest BCUT2D eigenvalue weighted by Crippen LogP contribution is -2.32. The number of hydrogen-bond donors (Lipinski definition) is 2. The first-order valence-corrected chi connectivity index (χ1v) is 10.8. The number of benzene rings is 2. The van der Waals surface area contributed by atoms with E-state index in [0.717, 1.165) is 39.8 Å². The van der Waals surface area contributed by atoms with E-state index in [1.54, 1.807) is 6.20 Å². The third kappa shape index (κ3) is 3.46. The van der Waals surface area contributed by atoms with Gasteiger partial charge in [0.25, 0.3) is 6.01 Å². The van der Waals surface area contributed by atoms with Crippen LogP contribution in [-0.2, 0) is 9.47 Å². The molecule has 4 aromatic rings. The largest absolute Gasteiger partial charge is 0.456 e. The van der Waals surface area contributed by atoms with E-state index in [2.05, 4.69) is 19.9 Å². The predicted octanol–water partition coefficient (Wildman–Crippen LogP) is 3.86. The number of aromatic nitrogens is 4. The van der Waals surface area contributed by atoms with Crippen molar-refractivity contribution in [3.8, 4) is 28.4 Å². The molecule has 2 aromatic heterocycles. The summed E-state index contributed by atoms with van der Waals surface area (Å²) < 4.78 is 17.6. The Balaban J connectivity index is 1.27. The average Bonchev–Trinajstić information content (AvgIpc) is 3.50. The number of fused-ring (bicyclic) bond motifs is 2. The molecule has 9 heteroatoms. The van der Waals surface area contributed by atoms with Crippen molar-refractivity contribution >= 4 is 28.5 Å². The molecule has 2 saturated heterocycles. The number of aromatic amines is 1. The Morgan fingerprint density at radius 2 is 1.91 bits per heavy atom. The number of ether oxygens (including phenoxy) is 3. The molecule has 0 saturated carbocycles. The van der Waals surface area contributed by atoms with Crippen LogP contribution in [0, 0.1) is 0 Å². The molecule has 8 nitrogen and oxygen atoms in total. The summed E-state index contributed by atoms with van der Waals surface area (Å²) >= 11 is 6.60. The molecule has 4 heterocycles. The van der Waals surface area contributed by atoms with Gasteiger partial charge in [-0.2, -0.15) is 4.98 Å². The fraction of sp³-hybridized carbons (Fsp3) is 0.261. The van der Waals surface area contributed by atoms with Gasteiger partial charge in [-0.1, -0.05) is 35.9 Å². The quantitative estimate of drug-likeness (QED) is 0.487. The van der Waals surface area contributed by atoms with Gasteiger partial charge >= 0.3 is 0 Å². The Morgan fingerprint density at radius 3 is 2.75 bits per heavy atom. The number of H-pyrrole nitrogens is 1. The number of anilines is 1. The van der Waals surface area contributed by atoms with Crippen molar-refractivity contribution in [1.29, 1.82) is 0 Å². The molecule has 6 rings (SSSR count).